The van der Waals surface area contributed by atoms with Crippen LogP contribution in [0.15, 0.2) is 39.8 Å². The summed E-state index contributed by atoms with van der Waals surface area (Å²) < 4.78 is 44.6. The van der Waals surface area contributed by atoms with Crippen LogP contribution in [0.2, 0.25) is 0 Å². The number of hydrogen-bond donors (Lipinski definition) is 2. The summed E-state index contributed by atoms with van der Waals surface area (Å²) in [5.74, 6) is -0.552. The van der Waals surface area contributed by atoms with Crippen molar-refractivity contribution in [1.29, 1.82) is 0 Å². The first-order valence-electron chi connectivity index (χ1n) is 9.19. The number of fused-ring (bicyclic) bond motifs is 2. The van der Waals surface area contributed by atoms with Gasteiger partial charge in [-0.1, -0.05) is 0 Å². The van der Waals surface area contributed by atoms with E-state index in [-0.39, 0.29) is 39.8 Å². The summed E-state index contributed by atoms with van der Waals surface area (Å²) in [7, 11) is 0. The van der Waals surface area contributed by atoms with Gasteiger partial charge in [-0.2, -0.15) is 18.2 Å². The average molecular weight is 429 g/mol. The summed E-state index contributed by atoms with van der Waals surface area (Å²) in [5, 5.41) is 10.2. The number of rotatable bonds is 2. The average Bonchev–Trinajstić information content (AvgIpc) is 3.29. The van der Waals surface area contributed by atoms with Gasteiger partial charge in [-0.15, -0.1) is 0 Å². The minimum absolute atomic E-state index is 0.138. The van der Waals surface area contributed by atoms with Crippen molar-refractivity contribution >= 4 is 17.4 Å². The van der Waals surface area contributed by atoms with E-state index in [1.165, 1.54) is 19.2 Å². The summed E-state index contributed by atoms with van der Waals surface area (Å²) >= 11 is 0. The number of halogens is 3. The zero-order chi connectivity index (χ0) is 21.9. The molecular weight excluding hydrogens is 415 g/mol. The maximum absolute atomic E-state index is 13.0. The number of phenols is 1. The molecule has 0 unspecified atom stereocenters. The number of pyridine rings is 1. The summed E-state index contributed by atoms with van der Waals surface area (Å²) in [4.78, 5) is 28.8. The molecule has 0 aliphatic carbocycles. The fourth-order valence-electron chi connectivity index (χ4n) is 3.67. The summed E-state index contributed by atoms with van der Waals surface area (Å²) in [6.45, 7) is 2.36. The number of phenolic OH excluding ortho intramolecular Hbond substituents is 1. The molecule has 1 aliphatic heterocycles. The highest BCUT2D eigenvalue weighted by Gasteiger charge is 2.32. The summed E-state index contributed by atoms with van der Waals surface area (Å²) in [5.41, 5.74) is 1.46. The number of nitrogens with one attached hydrogen (secondary N) is 1. The number of aromatic amines is 1. The zero-order valence-corrected chi connectivity index (χ0v) is 16.0. The molecule has 5 rings (SSSR count). The molecule has 0 bridgehead atoms. The Hall–Kier alpha value is -3.89. The number of nitrogens with zero attached hydrogens (tertiary/aromatic N) is 4. The van der Waals surface area contributed by atoms with Crippen molar-refractivity contribution < 1.29 is 22.7 Å². The number of aryl methyl sites for hydroxylation is 1. The zero-order valence-electron chi connectivity index (χ0n) is 16.0. The molecule has 1 aliphatic rings. The van der Waals surface area contributed by atoms with Crippen molar-refractivity contribution in [2.24, 2.45) is 0 Å². The second-order valence-electron chi connectivity index (χ2n) is 7.27. The molecule has 4 aromatic rings. The van der Waals surface area contributed by atoms with Gasteiger partial charge in [0.1, 0.15) is 5.75 Å². The second kappa shape index (κ2) is 6.56. The molecule has 0 saturated carbocycles. The van der Waals surface area contributed by atoms with Crippen LogP contribution in [0.5, 0.6) is 5.75 Å². The van der Waals surface area contributed by atoms with E-state index >= 15 is 0 Å². The highest BCUT2D eigenvalue weighted by molar-refractivity contribution is 5.75. The molecule has 0 atom stereocenters. The Labute approximate surface area is 172 Å². The van der Waals surface area contributed by atoms with Gasteiger partial charge in [0.25, 0.3) is 5.71 Å². The number of aromatic hydroxyl groups is 1. The molecule has 4 heterocycles. The van der Waals surface area contributed by atoms with Gasteiger partial charge in [0.05, 0.1) is 17.5 Å². The Morgan fingerprint density at radius 2 is 1.94 bits per heavy atom. The largest absolute Gasteiger partial charge is 0.507 e. The minimum atomic E-state index is -4.57. The number of aromatic nitrogens is 4. The van der Waals surface area contributed by atoms with Crippen molar-refractivity contribution in [3.63, 3.8) is 0 Å². The van der Waals surface area contributed by atoms with Crippen LogP contribution in [-0.4, -0.2) is 25.0 Å². The Balaban J connectivity index is 1.51. The Morgan fingerprint density at radius 3 is 2.68 bits per heavy atom. The van der Waals surface area contributed by atoms with E-state index in [9.17, 15) is 23.1 Å². The smallest absolute Gasteiger partial charge is 0.416 e. The summed E-state index contributed by atoms with van der Waals surface area (Å²) in [6, 6.07) is 3.37. The first kappa shape index (κ1) is 19.1. The lowest BCUT2D eigenvalue weighted by Gasteiger charge is -2.12. The Morgan fingerprint density at radius 1 is 1.16 bits per heavy atom. The third-order valence-electron chi connectivity index (χ3n) is 5.11. The lowest BCUT2D eigenvalue weighted by Crippen LogP contribution is -2.14. The van der Waals surface area contributed by atoms with Crippen LogP contribution in [0, 0.1) is 6.92 Å². The van der Waals surface area contributed by atoms with E-state index in [1.807, 2.05) is 4.90 Å². The predicted molar refractivity (Wildman–Crippen MR) is 103 cm³/mol. The minimum Gasteiger partial charge on any atom is -0.507 e. The summed E-state index contributed by atoms with van der Waals surface area (Å²) in [6.07, 6.45) is -1.62. The van der Waals surface area contributed by atoms with Gasteiger partial charge < -0.3 is 19.4 Å². The third kappa shape index (κ3) is 3.27. The van der Waals surface area contributed by atoms with Crippen molar-refractivity contribution in [3.05, 3.63) is 63.2 Å². The number of hydrogen-bond acceptors (Lipinski definition) is 7. The first-order chi connectivity index (χ1) is 14.7. The van der Waals surface area contributed by atoms with Gasteiger partial charge in [0.2, 0.25) is 11.2 Å². The normalized spacial score (nSPS) is 13.7. The number of anilines is 1. The highest BCUT2D eigenvalue weighted by Crippen LogP contribution is 2.38. The van der Waals surface area contributed by atoms with Crippen molar-refractivity contribution in [3.8, 4) is 17.0 Å². The van der Waals surface area contributed by atoms with E-state index in [0.29, 0.717) is 19.2 Å². The SMILES string of the molecule is Cc1cc(C(F)(F)F)cc(O)c1-c1cnc2oc(N3Cc4c[nH]c(=O)cc4C3)nc2n1. The van der Waals surface area contributed by atoms with Gasteiger partial charge in [0.15, 0.2) is 0 Å². The van der Waals surface area contributed by atoms with E-state index in [0.717, 1.165) is 17.2 Å². The van der Waals surface area contributed by atoms with Gasteiger partial charge in [-0.3, -0.25) is 4.79 Å². The van der Waals surface area contributed by atoms with Crippen LogP contribution in [-0.2, 0) is 19.3 Å². The number of oxazole rings is 1. The Kier molecular flexibility index (Phi) is 4.04. The van der Waals surface area contributed by atoms with Gasteiger partial charge in [0, 0.05) is 30.9 Å². The molecule has 0 radical (unpaired) electrons. The van der Waals surface area contributed by atoms with Gasteiger partial charge >= 0.3 is 12.2 Å². The molecule has 11 heteroatoms. The molecule has 1 aromatic carbocycles. The molecule has 0 fully saturated rings. The van der Waals surface area contributed by atoms with Crippen LogP contribution in [0.1, 0.15) is 22.3 Å². The van der Waals surface area contributed by atoms with Crippen molar-refractivity contribution in [2.45, 2.75) is 26.2 Å². The lowest BCUT2D eigenvalue weighted by atomic mass is 10.0. The molecule has 3 aromatic heterocycles. The Bertz CT molecular complexity index is 1370. The number of H-pyrrole nitrogens is 1. The molecule has 31 heavy (non-hydrogen) atoms. The molecular formula is C20H14F3N5O3. The fraction of sp³-hybridized carbons (Fsp3) is 0.200. The molecule has 0 saturated heterocycles. The standard InChI is InChI=1S/C20H14F3N5O3/c1-9-2-12(20(21,22)23)4-14(29)16(9)13-6-25-18-17(26-13)27-19(31-18)28-7-10-3-15(30)24-5-11(10)8-28/h2-6,29H,7-8H2,1H3,(H,24,30). The lowest BCUT2D eigenvalue weighted by molar-refractivity contribution is -0.137. The fourth-order valence-corrected chi connectivity index (χ4v) is 3.67. The van der Waals surface area contributed by atoms with Crippen LogP contribution >= 0.6 is 0 Å². The molecule has 2 N–H and O–H groups in total. The van der Waals surface area contributed by atoms with Gasteiger partial charge in [-0.05, 0) is 35.7 Å². The van der Waals surface area contributed by atoms with E-state index < -0.39 is 17.5 Å². The number of alkyl halides is 3. The maximum Gasteiger partial charge on any atom is 0.416 e. The maximum atomic E-state index is 13.0. The highest BCUT2D eigenvalue weighted by atomic mass is 19.4. The van der Waals surface area contributed by atoms with E-state index in [2.05, 4.69) is 19.9 Å². The van der Waals surface area contributed by atoms with Crippen LogP contribution in [0.4, 0.5) is 19.2 Å². The van der Waals surface area contributed by atoms with Crippen LogP contribution < -0.4 is 10.5 Å². The van der Waals surface area contributed by atoms with Gasteiger partial charge in [-0.25, -0.2) is 9.97 Å². The molecule has 158 valence electrons. The molecule has 8 nitrogen and oxygen atoms in total. The van der Waals surface area contributed by atoms with E-state index in [1.54, 1.807) is 6.20 Å². The number of benzene rings is 1. The molecule has 0 amide bonds. The van der Waals surface area contributed by atoms with E-state index in [4.69, 9.17) is 4.42 Å². The third-order valence-corrected chi connectivity index (χ3v) is 5.11. The topological polar surface area (TPSA) is 108 Å². The first-order valence-corrected chi connectivity index (χ1v) is 9.19. The predicted octanol–water partition coefficient (Wildman–Crippen LogP) is 3.53. The second-order valence-corrected chi connectivity index (χ2v) is 7.27. The quantitative estimate of drug-likeness (QED) is 0.502. The molecule has 0 spiro atoms. The monoisotopic (exact) mass is 429 g/mol. The van der Waals surface area contributed by atoms with Crippen LogP contribution in [0.25, 0.3) is 22.6 Å². The van der Waals surface area contributed by atoms with Crippen molar-refractivity contribution in [2.75, 3.05) is 4.90 Å². The van der Waals surface area contributed by atoms with Crippen molar-refractivity contribution in [1.82, 2.24) is 19.9 Å². The van der Waals surface area contributed by atoms with Crippen LogP contribution in [0.3, 0.4) is 0 Å².